The zero-order chi connectivity index (χ0) is 15.4. The summed E-state index contributed by atoms with van der Waals surface area (Å²) in [6.07, 6.45) is 7.54. The summed E-state index contributed by atoms with van der Waals surface area (Å²) in [5.74, 6) is 0.270. The van der Waals surface area contributed by atoms with E-state index in [9.17, 15) is 0 Å². The van der Waals surface area contributed by atoms with Crippen LogP contribution in [0.15, 0.2) is 0 Å². The van der Waals surface area contributed by atoms with Gasteiger partial charge in [0.1, 0.15) is 6.10 Å². The molecular formula is C16H26N4O2. The summed E-state index contributed by atoms with van der Waals surface area (Å²) in [5.41, 5.74) is 2.00. The zero-order valence-electron chi connectivity index (χ0n) is 13.6. The Morgan fingerprint density at radius 3 is 2.59 bits per heavy atom. The molecule has 0 radical (unpaired) electrons. The van der Waals surface area contributed by atoms with E-state index in [2.05, 4.69) is 34.3 Å². The lowest BCUT2D eigenvalue weighted by atomic mass is 9.94. The number of nitrogens with one attached hydrogen (secondary N) is 1. The molecule has 1 N–H and O–H groups in total. The molecule has 6 nitrogen and oxygen atoms in total. The third-order valence-electron chi connectivity index (χ3n) is 4.53. The van der Waals surface area contributed by atoms with E-state index in [4.69, 9.17) is 9.47 Å². The second-order valence-corrected chi connectivity index (χ2v) is 6.14. The number of aryl methyl sites for hydroxylation is 2. The fourth-order valence-electron chi connectivity index (χ4n) is 3.29. The predicted octanol–water partition coefficient (Wildman–Crippen LogP) is 2.48. The largest absolute Gasteiger partial charge is 0.350 e. The number of rotatable bonds is 5. The first-order valence-corrected chi connectivity index (χ1v) is 8.53. The van der Waals surface area contributed by atoms with Crippen LogP contribution in [-0.4, -0.2) is 40.2 Å². The third-order valence-corrected chi connectivity index (χ3v) is 4.53. The maximum atomic E-state index is 6.15. The number of anilines is 1. The molecule has 1 unspecified atom stereocenters. The molecule has 0 amide bonds. The maximum absolute atomic E-state index is 6.15. The van der Waals surface area contributed by atoms with Crippen molar-refractivity contribution in [2.45, 2.75) is 70.7 Å². The molecule has 122 valence electrons. The van der Waals surface area contributed by atoms with E-state index in [1.165, 1.54) is 19.3 Å². The van der Waals surface area contributed by atoms with E-state index in [0.29, 0.717) is 19.1 Å². The zero-order valence-corrected chi connectivity index (χ0v) is 13.6. The Balaban J connectivity index is 1.55. The summed E-state index contributed by atoms with van der Waals surface area (Å²) in [6, 6.07) is 0. The van der Waals surface area contributed by atoms with Gasteiger partial charge in [0.25, 0.3) is 0 Å². The Morgan fingerprint density at radius 1 is 1.09 bits per heavy atom. The summed E-state index contributed by atoms with van der Waals surface area (Å²) >= 11 is 0. The van der Waals surface area contributed by atoms with Crippen LogP contribution in [-0.2, 0) is 22.3 Å². The Bertz CT molecular complexity index is 503. The summed E-state index contributed by atoms with van der Waals surface area (Å²) < 4.78 is 12.1. The monoisotopic (exact) mass is 306 g/mol. The second-order valence-electron chi connectivity index (χ2n) is 6.14. The van der Waals surface area contributed by atoms with Gasteiger partial charge >= 0.3 is 0 Å². The average Bonchev–Trinajstić information content (AvgIpc) is 2.95. The van der Waals surface area contributed by atoms with Crippen molar-refractivity contribution in [3.8, 4) is 0 Å². The molecule has 1 aliphatic carbocycles. The van der Waals surface area contributed by atoms with E-state index >= 15 is 0 Å². The van der Waals surface area contributed by atoms with Gasteiger partial charge in [0.2, 0.25) is 5.95 Å². The van der Waals surface area contributed by atoms with Crippen LogP contribution in [0.5, 0.6) is 0 Å². The van der Waals surface area contributed by atoms with Crippen molar-refractivity contribution in [1.29, 1.82) is 0 Å². The van der Waals surface area contributed by atoms with Crippen LogP contribution in [0.1, 0.15) is 57.3 Å². The number of ether oxygens (including phenoxy) is 2. The number of aromatic nitrogens is 3. The molecule has 2 heterocycles. The average molecular weight is 306 g/mol. The molecule has 1 aromatic rings. The van der Waals surface area contributed by atoms with E-state index in [1.807, 2.05) is 0 Å². The van der Waals surface area contributed by atoms with Gasteiger partial charge in [-0.1, -0.05) is 20.3 Å². The van der Waals surface area contributed by atoms with Crippen LogP contribution < -0.4 is 5.32 Å². The Morgan fingerprint density at radius 2 is 1.86 bits per heavy atom. The molecule has 0 bridgehead atoms. The maximum Gasteiger partial charge on any atom is 0.243 e. The van der Waals surface area contributed by atoms with Gasteiger partial charge in [0.15, 0.2) is 5.79 Å². The van der Waals surface area contributed by atoms with Gasteiger partial charge < -0.3 is 14.8 Å². The molecular weight excluding hydrogens is 280 g/mol. The van der Waals surface area contributed by atoms with Crippen LogP contribution >= 0.6 is 0 Å². The smallest absolute Gasteiger partial charge is 0.243 e. The summed E-state index contributed by atoms with van der Waals surface area (Å²) in [7, 11) is 0. The van der Waals surface area contributed by atoms with Crippen molar-refractivity contribution in [3.63, 3.8) is 0 Å². The lowest BCUT2D eigenvalue weighted by molar-refractivity contribution is -0.185. The van der Waals surface area contributed by atoms with Crippen molar-refractivity contribution < 1.29 is 9.47 Å². The molecule has 6 heteroatoms. The highest BCUT2D eigenvalue weighted by Gasteiger charge is 2.42. The van der Waals surface area contributed by atoms with Crippen LogP contribution in [0, 0.1) is 0 Å². The molecule has 1 spiro atoms. The van der Waals surface area contributed by atoms with Crippen LogP contribution in [0.3, 0.4) is 0 Å². The number of nitrogens with zero attached hydrogens (tertiary/aromatic N) is 3. The molecule has 1 atom stereocenters. The molecule has 1 saturated heterocycles. The standard InChI is InChI=1S/C16H26N4O2/c1-3-13-14(4-2)19-20-15(18-13)17-10-12-11-21-16(22-12)8-6-5-7-9-16/h12H,3-11H2,1-2H3,(H,17,18,20). The lowest BCUT2D eigenvalue weighted by Gasteiger charge is -2.31. The molecule has 22 heavy (non-hydrogen) atoms. The molecule has 1 saturated carbocycles. The lowest BCUT2D eigenvalue weighted by Crippen LogP contribution is -2.34. The molecule has 1 aromatic heterocycles. The normalized spacial score (nSPS) is 23.8. The first kappa shape index (κ1) is 15.6. The van der Waals surface area contributed by atoms with E-state index in [0.717, 1.165) is 37.1 Å². The Labute approximate surface area is 132 Å². The highest BCUT2D eigenvalue weighted by molar-refractivity contribution is 5.26. The first-order valence-electron chi connectivity index (χ1n) is 8.53. The number of hydrogen-bond donors (Lipinski definition) is 1. The molecule has 3 rings (SSSR count). The second kappa shape index (κ2) is 6.87. The van der Waals surface area contributed by atoms with E-state index in [-0.39, 0.29) is 11.9 Å². The predicted molar refractivity (Wildman–Crippen MR) is 83.7 cm³/mol. The summed E-state index contributed by atoms with van der Waals surface area (Å²) in [4.78, 5) is 4.55. The molecule has 1 aliphatic heterocycles. The first-order chi connectivity index (χ1) is 10.7. The van der Waals surface area contributed by atoms with Crippen molar-refractivity contribution in [1.82, 2.24) is 15.2 Å². The summed E-state index contributed by atoms with van der Waals surface area (Å²) in [5, 5.41) is 11.6. The molecule has 0 aromatic carbocycles. The van der Waals surface area contributed by atoms with Gasteiger partial charge in [0.05, 0.1) is 18.0 Å². The Kier molecular flexibility index (Phi) is 4.88. The molecule has 2 aliphatic rings. The van der Waals surface area contributed by atoms with Crippen LogP contribution in [0.25, 0.3) is 0 Å². The summed E-state index contributed by atoms with van der Waals surface area (Å²) in [6.45, 7) is 5.48. The fourth-order valence-corrected chi connectivity index (χ4v) is 3.29. The van der Waals surface area contributed by atoms with Gasteiger partial charge in [-0.15, -0.1) is 5.10 Å². The minimum absolute atomic E-state index is 0.0672. The van der Waals surface area contributed by atoms with E-state index in [1.54, 1.807) is 0 Å². The third kappa shape index (κ3) is 3.38. The van der Waals surface area contributed by atoms with Gasteiger partial charge in [-0.2, -0.15) is 5.10 Å². The van der Waals surface area contributed by atoms with Crippen molar-refractivity contribution >= 4 is 5.95 Å². The van der Waals surface area contributed by atoms with Crippen molar-refractivity contribution in [3.05, 3.63) is 11.4 Å². The van der Waals surface area contributed by atoms with Gasteiger partial charge in [-0.05, 0) is 25.7 Å². The minimum Gasteiger partial charge on any atom is -0.350 e. The van der Waals surface area contributed by atoms with Gasteiger partial charge in [-0.25, -0.2) is 4.98 Å². The Hall–Kier alpha value is -1.27. The molecule has 2 fully saturated rings. The fraction of sp³-hybridized carbons (Fsp3) is 0.812. The van der Waals surface area contributed by atoms with Crippen molar-refractivity contribution in [2.75, 3.05) is 18.5 Å². The van der Waals surface area contributed by atoms with Crippen molar-refractivity contribution in [2.24, 2.45) is 0 Å². The highest BCUT2D eigenvalue weighted by atomic mass is 16.7. The quantitative estimate of drug-likeness (QED) is 0.901. The minimum atomic E-state index is -0.315. The van der Waals surface area contributed by atoms with E-state index < -0.39 is 0 Å². The van der Waals surface area contributed by atoms with Crippen LogP contribution in [0.4, 0.5) is 5.95 Å². The van der Waals surface area contributed by atoms with Gasteiger partial charge in [0, 0.05) is 19.4 Å². The van der Waals surface area contributed by atoms with Crippen LogP contribution in [0.2, 0.25) is 0 Å². The van der Waals surface area contributed by atoms with Gasteiger partial charge in [-0.3, -0.25) is 0 Å². The number of hydrogen-bond acceptors (Lipinski definition) is 6. The highest BCUT2D eigenvalue weighted by Crippen LogP contribution is 2.37. The SMILES string of the molecule is CCc1nnc(NCC2COC3(CCCCC3)O2)nc1CC. The topological polar surface area (TPSA) is 69.2 Å².